The molecular formula is C14H18N2O3. The fourth-order valence-electron chi connectivity index (χ4n) is 1.27. The first-order chi connectivity index (χ1) is 9.26. The van der Waals surface area contributed by atoms with Crippen molar-refractivity contribution in [3.63, 3.8) is 0 Å². The highest BCUT2D eigenvalue weighted by molar-refractivity contribution is 5.90. The van der Waals surface area contributed by atoms with Gasteiger partial charge >= 0.3 is 0 Å². The average Bonchev–Trinajstić information content (AvgIpc) is 2.40. The Bertz CT molecular complexity index is 463. The fraction of sp³-hybridized carbons (Fsp3) is 0.429. The number of nitrogens with one attached hydrogen (secondary N) is 1. The molecule has 1 heterocycles. The van der Waals surface area contributed by atoms with Crippen LogP contribution in [-0.4, -0.2) is 35.8 Å². The number of aliphatic hydroxyl groups excluding tert-OH is 1. The van der Waals surface area contributed by atoms with Crippen molar-refractivity contribution >= 4 is 11.7 Å². The third kappa shape index (κ3) is 6.55. The molecule has 0 radical (unpaired) electrons. The maximum absolute atomic E-state index is 11.5. The van der Waals surface area contributed by atoms with E-state index in [1.165, 1.54) is 0 Å². The summed E-state index contributed by atoms with van der Waals surface area (Å²) >= 11 is 0. The molecule has 5 nitrogen and oxygen atoms in total. The highest BCUT2D eigenvalue weighted by Gasteiger charge is 2.03. The van der Waals surface area contributed by atoms with Gasteiger partial charge in [0.2, 0.25) is 0 Å². The quantitative estimate of drug-likeness (QED) is 0.596. The van der Waals surface area contributed by atoms with Gasteiger partial charge in [0, 0.05) is 13.0 Å². The van der Waals surface area contributed by atoms with Crippen LogP contribution in [0.25, 0.3) is 0 Å². The van der Waals surface area contributed by atoms with Crippen LogP contribution < -0.4 is 5.32 Å². The molecule has 5 heteroatoms. The summed E-state index contributed by atoms with van der Waals surface area (Å²) in [5, 5.41) is 11.3. The van der Waals surface area contributed by atoms with Gasteiger partial charge in [0.1, 0.15) is 18.1 Å². The van der Waals surface area contributed by atoms with E-state index in [0.29, 0.717) is 24.5 Å². The Morgan fingerprint density at radius 3 is 3.11 bits per heavy atom. The third-order valence-electron chi connectivity index (χ3n) is 2.05. The summed E-state index contributed by atoms with van der Waals surface area (Å²) in [6.07, 6.45) is 1.28. The minimum Gasteiger partial charge on any atom is -0.395 e. The molecule has 1 rings (SSSR count). The molecule has 1 aromatic rings. The van der Waals surface area contributed by atoms with E-state index in [1.54, 1.807) is 18.2 Å². The number of hydrogen-bond donors (Lipinski definition) is 2. The lowest BCUT2D eigenvalue weighted by Crippen LogP contribution is -2.19. The molecule has 102 valence electrons. The van der Waals surface area contributed by atoms with Crippen LogP contribution >= 0.6 is 0 Å². The summed E-state index contributed by atoms with van der Waals surface area (Å²) in [4.78, 5) is 15.7. The minimum absolute atomic E-state index is 0.0237. The molecule has 1 aromatic heterocycles. The highest BCUT2D eigenvalue weighted by Crippen LogP contribution is 2.04. The summed E-state index contributed by atoms with van der Waals surface area (Å²) in [6, 6.07) is 5.20. The molecule has 0 aliphatic heterocycles. The van der Waals surface area contributed by atoms with E-state index in [4.69, 9.17) is 9.84 Å². The maximum atomic E-state index is 11.5. The molecule has 0 spiro atoms. The molecule has 0 bridgehead atoms. The lowest BCUT2D eigenvalue weighted by Gasteiger charge is -2.05. The van der Waals surface area contributed by atoms with Crippen LogP contribution in [0.15, 0.2) is 18.2 Å². The zero-order valence-electron chi connectivity index (χ0n) is 11.0. The van der Waals surface area contributed by atoms with Gasteiger partial charge in [0.15, 0.2) is 0 Å². The number of hydrogen-bond acceptors (Lipinski definition) is 4. The van der Waals surface area contributed by atoms with Gasteiger partial charge in [-0.15, -0.1) is 0 Å². The molecule has 0 unspecified atom stereocenters. The summed E-state index contributed by atoms with van der Waals surface area (Å²) in [5.41, 5.74) is 0.556. The number of nitrogens with zero attached hydrogens (tertiary/aromatic N) is 1. The van der Waals surface area contributed by atoms with Crippen LogP contribution in [-0.2, 0) is 9.53 Å². The van der Waals surface area contributed by atoms with Crippen LogP contribution in [0.3, 0.4) is 0 Å². The summed E-state index contributed by atoms with van der Waals surface area (Å²) < 4.78 is 5.13. The van der Waals surface area contributed by atoms with Gasteiger partial charge in [0.25, 0.3) is 5.91 Å². The van der Waals surface area contributed by atoms with E-state index in [1.807, 2.05) is 6.92 Å². The molecule has 1 amide bonds. The second-order valence-electron chi connectivity index (χ2n) is 3.78. The molecule has 0 aliphatic carbocycles. The third-order valence-corrected chi connectivity index (χ3v) is 2.05. The first-order valence-corrected chi connectivity index (χ1v) is 6.20. The predicted octanol–water partition coefficient (Wildman–Crippen LogP) is 1.18. The Morgan fingerprint density at radius 1 is 1.53 bits per heavy atom. The van der Waals surface area contributed by atoms with Crippen molar-refractivity contribution in [2.24, 2.45) is 0 Å². The smallest absolute Gasteiger partial charge is 0.251 e. The second kappa shape index (κ2) is 9.09. The second-order valence-corrected chi connectivity index (χ2v) is 3.78. The number of ether oxygens (including phenoxy) is 1. The van der Waals surface area contributed by atoms with Crippen LogP contribution in [0.2, 0.25) is 0 Å². The van der Waals surface area contributed by atoms with Crippen molar-refractivity contribution in [2.45, 2.75) is 19.8 Å². The highest BCUT2D eigenvalue weighted by atomic mass is 16.5. The van der Waals surface area contributed by atoms with Crippen LogP contribution in [0.1, 0.15) is 25.5 Å². The zero-order chi connectivity index (χ0) is 13.9. The van der Waals surface area contributed by atoms with E-state index >= 15 is 0 Å². The molecule has 0 aliphatic rings. The number of aliphatic hydroxyl groups is 1. The van der Waals surface area contributed by atoms with Crippen molar-refractivity contribution in [3.8, 4) is 11.8 Å². The SMILES string of the molecule is CCCOCC(=O)Nc1cccc(C#CCCO)n1. The Hall–Kier alpha value is -1.90. The number of carbonyl (C=O) groups is 1. The molecule has 0 aromatic carbocycles. The summed E-state index contributed by atoms with van der Waals surface area (Å²) in [6.45, 7) is 2.59. The Balaban J connectivity index is 2.52. The zero-order valence-corrected chi connectivity index (χ0v) is 11.0. The van der Waals surface area contributed by atoms with Gasteiger partial charge in [0.05, 0.1) is 6.61 Å². The van der Waals surface area contributed by atoms with E-state index < -0.39 is 0 Å². The number of rotatable bonds is 6. The average molecular weight is 262 g/mol. The molecule has 0 fully saturated rings. The van der Waals surface area contributed by atoms with E-state index in [0.717, 1.165) is 6.42 Å². The van der Waals surface area contributed by atoms with E-state index in [2.05, 4.69) is 22.1 Å². The Morgan fingerprint density at radius 2 is 2.37 bits per heavy atom. The minimum atomic E-state index is -0.235. The number of anilines is 1. The number of carbonyl (C=O) groups excluding carboxylic acids is 1. The van der Waals surface area contributed by atoms with Crippen molar-refractivity contribution in [2.75, 3.05) is 25.1 Å². The normalized spacial score (nSPS) is 9.58. The summed E-state index contributed by atoms with van der Waals surface area (Å²) in [7, 11) is 0. The maximum Gasteiger partial charge on any atom is 0.251 e. The summed E-state index contributed by atoms with van der Waals surface area (Å²) in [5.74, 6) is 5.79. The first kappa shape index (κ1) is 15.2. The fourth-order valence-corrected chi connectivity index (χ4v) is 1.27. The van der Waals surface area contributed by atoms with Crippen LogP contribution in [0.5, 0.6) is 0 Å². The first-order valence-electron chi connectivity index (χ1n) is 6.20. The topological polar surface area (TPSA) is 71.5 Å². The monoisotopic (exact) mass is 262 g/mol. The molecule has 19 heavy (non-hydrogen) atoms. The largest absolute Gasteiger partial charge is 0.395 e. The molecular weight excluding hydrogens is 244 g/mol. The standard InChI is InChI=1S/C14H18N2O3/c1-2-10-19-11-14(18)16-13-8-5-7-12(15-13)6-3-4-9-17/h5,7-8,17H,2,4,9-11H2,1H3,(H,15,16,18). The molecule has 0 atom stereocenters. The number of aromatic nitrogens is 1. The lowest BCUT2D eigenvalue weighted by atomic mass is 10.3. The number of amides is 1. The Kier molecular flexibility index (Phi) is 7.25. The van der Waals surface area contributed by atoms with Crippen molar-refractivity contribution in [1.29, 1.82) is 0 Å². The van der Waals surface area contributed by atoms with Crippen LogP contribution in [0, 0.1) is 11.8 Å². The molecule has 0 saturated heterocycles. The lowest BCUT2D eigenvalue weighted by molar-refractivity contribution is -0.120. The van der Waals surface area contributed by atoms with Crippen molar-refractivity contribution in [3.05, 3.63) is 23.9 Å². The van der Waals surface area contributed by atoms with E-state index in [9.17, 15) is 4.79 Å². The Labute approximate surface area is 113 Å². The van der Waals surface area contributed by atoms with E-state index in [-0.39, 0.29) is 19.1 Å². The van der Waals surface area contributed by atoms with Gasteiger partial charge in [-0.3, -0.25) is 4.79 Å². The van der Waals surface area contributed by atoms with Crippen molar-refractivity contribution < 1.29 is 14.6 Å². The van der Waals surface area contributed by atoms with Gasteiger partial charge in [-0.2, -0.15) is 0 Å². The molecule has 2 N–H and O–H groups in total. The van der Waals surface area contributed by atoms with Crippen LogP contribution in [0.4, 0.5) is 5.82 Å². The van der Waals surface area contributed by atoms with Crippen molar-refractivity contribution in [1.82, 2.24) is 4.98 Å². The van der Waals surface area contributed by atoms with Gasteiger partial charge in [-0.25, -0.2) is 4.98 Å². The van der Waals surface area contributed by atoms with Gasteiger partial charge < -0.3 is 15.2 Å². The van der Waals surface area contributed by atoms with Gasteiger partial charge in [-0.05, 0) is 24.5 Å². The number of pyridine rings is 1. The van der Waals surface area contributed by atoms with Gasteiger partial charge in [-0.1, -0.05) is 18.9 Å². The molecule has 0 saturated carbocycles. The predicted molar refractivity (Wildman–Crippen MR) is 72.6 cm³/mol.